The van der Waals surface area contributed by atoms with Crippen LogP contribution >= 0.6 is 22.7 Å². The monoisotopic (exact) mass is 292 g/mol. The quantitative estimate of drug-likeness (QED) is 0.407. The lowest BCUT2D eigenvalue weighted by molar-refractivity contribution is 1.73. The third-order valence-corrected chi connectivity index (χ3v) is 5.60. The average molecular weight is 292 g/mol. The van der Waals surface area contributed by atoms with Gasteiger partial charge in [-0.05, 0) is 46.0 Å². The van der Waals surface area contributed by atoms with E-state index in [9.17, 15) is 0 Å². The summed E-state index contributed by atoms with van der Waals surface area (Å²) in [6, 6.07) is 23.9. The third-order valence-electron chi connectivity index (χ3n) is 3.40. The van der Waals surface area contributed by atoms with E-state index in [0.717, 1.165) is 0 Å². The van der Waals surface area contributed by atoms with E-state index in [0.29, 0.717) is 0 Å². The van der Waals surface area contributed by atoms with E-state index >= 15 is 0 Å². The van der Waals surface area contributed by atoms with Crippen molar-refractivity contribution in [2.45, 2.75) is 0 Å². The van der Waals surface area contributed by atoms with Crippen molar-refractivity contribution in [3.05, 3.63) is 72.1 Å². The van der Waals surface area contributed by atoms with Crippen molar-refractivity contribution in [1.29, 1.82) is 0 Å². The molecule has 0 bridgehead atoms. The van der Waals surface area contributed by atoms with Crippen LogP contribution in [-0.4, -0.2) is 0 Å². The number of hydrogen-bond donors (Lipinski definition) is 0. The van der Waals surface area contributed by atoms with Crippen LogP contribution in [0, 0.1) is 0 Å². The molecule has 0 saturated carbocycles. The fraction of sp³-hybridized carbons (Fsp3) is 0. The second-order valence-corrected chi connectivity index (χ2v) is 6.73. The highest BCUT2D eigenvalue weighted by Gasteiger charge is 2.06. The Morgan fingerprint density at radius 3 is 2.30 bits per heavy atom. The Bertz CT molecular complexity index is 854. The number of benzene rings is 2. The molecule has 0 radical (unpaired) electrons. The molecule has 2 aromatic heterocycles. The van der Waals surface area contributed by atoms with Crippen molar-refractivity contribution in [3.63, 3.8) is 0 Å². The van der Waals surface area contributed by atoms with Crippen molar-refractivity contribution in [2.24, 2.45) is 0 Å². The number of thiophene rings is 2. The molecule has 0 aliphatic rings. The Morgan fingerprint density at radius 1 is 0.600 bits per heavy atom. The van der Waals surface area contributed by atoms with Crippen LogP contribution in [0.4, 0.5) is 0 Å². The van der Waals surface area contributed by atoms with Crippen LogP contribution < -0.4 is 0 Å². The normalized spacial score (nSPS) is 11.0. The molecule has 2 heterocycles. The van der Waals surface area contributed by atoms with Gasteiger partial charge in [-0.25, -0.2) is 0 Å². The SMILES string of the molecule is c1csc(-c2ccc(-c3ccc4ccccc4c3)s2)c1. The zero-order valence-electron chi connectivity index (χ0n) is 10.7. The van der Waals surface area contributed by atoms with Gasteiger partial charge in [-0.15, -0.1) is 22.7 Å². The number of rotatable bonds is 2. The van der Waals surface area contributed by atoms with Gasteiger partial charge in [0, 0.05) is 14.6 Å². The fourth-order valence-corrected chi connectivity index (χ4v) is 4.22. The van der Waals surface area contributed by atoms with Crippen molar-refractivity contribution >= 4 is 33.4 Å². The predicted octanol–water partition coefficient (Wildman–Crippen LogP) is 6.30. The van der Waals surface area contributed by atoms with Crippen LogP contribution in [0.3, 0.4) is 0 Å². The molecule has 4 aromatic rings. The van der Waals surface area contributed by atoms with Crippen molar-refractivity contribution in [2.75, 3.05) is 0 Å². The number of hydrogen-bond acceptors (Lipinski definition) is 2. The first kappa shape index (κ1) is 11.9. The van der Waals surface area contributed by atoms with Crippen LogP contribution in [0.25, 0.3) is 31.0 Å². The fourth-order valence-electron chi connectivity index (χ4n) is 2.39. The van der Waals surface area contributed by atoms with Gasteiger partial charge in [-0.2, -0.15) is 0 Å². The lowest BCUT2D eigenvalue weighted by Crippen LogP contribution is -1.74. The Morgan fingerprint density at radius 2 is 1.45 bits per heavy atom. The molecule has 2 aromatic carbocycles. The van der Waals surface area contributed by atoms with E-state index in [1.807, 2.05) is 11.3 Å². The summed E-state index contributed by atoms with van der Waals surface area (Å²) in [6.07, 6.45) is 0. The van der Waals surface area contributed by atoms with E-state index in [1.165, 1.54) is 31.0 Å². The lowest BCUT2D eigenvalue weighted by Gasteiger charge is -2.01. The van der Waals surface area contributed by atoms with Crippen molar-refractivity contribution in [3.8, 4) is 20.2 Å². The van der Waals surface area contributed by atoms with Crippen LogP contribution in [-0.2, 0) is 0 Å². The third kappa shape index (κ3) is 2.07. The van der Waals surface area contributed by atoms with Gasteiger partial charge in [0.2, 0.25) is 0 Å². The molecule has 0 N–H and O–H groups in total. The highest BCUT2D eigenvalue weighted by Crippen LogP contribution is 2.37. The first-order chi connectivity index (χ1) is 9.90. The molecule has 0 saturated heterocycles. The molecular formula is C18H12S2. The minimum Gasteiger partial charge on any atom is -0.143 e. The first-order valence-electron chi connectivity index (χ1n) is 6.53. The van der Waals surface area contributed by atoms with E-state index < -0.39 is 0 Å². The van der Waals surface area contributed by atoms with Gasteiger partial charge in [0.1, 0.15) is 0 Å². The summed E-state index contributed by atoms with van der Waals surface area (Å²) in [7, 11) is 0. The molecule has 0 aliphatic carbocycles. The van der Waals surface area contributed by atoms with Crippen LogP contribution in [0.5, 0.6) is 0 Å². The highest BCUT2D eigenvalue weighted by molar-refractivity contribution is 7.23. The van der Waals surface area contributed by atoms with E-state index in [2.05, 4.69) is 72.1 Å². The molecule has 0 spiro atoms. The minimum atomic E-state index is 1.30. The summed E-state index contributed by atoms with van der Waals surface area (Å²) in [5, 5.41) is 4.73. The van der Waals surface area contributed by atoms with E-state index in [1.54, 1.807) is 11.3 Å². The van der Waals surface area contributed by atoms with Crippen LogP contribution in [0.15, 0.2) is 72.1 Å². The first-order valence-corrected chi connectivity index (χ1v) is 8.23. The van der Waals surface area contributed by atoms with Gasteiger partial charge in [0.15, 0.2) is 0 Å². The molecule has 0 unspecified atom stereocenters. The van der Waals surface area contributed by atoms with E-state index in [4.69, 9.17) is 0 Å². The Labute approximate surface area is 126 Å². The molecular weight excluding hydrogens is 280 g/mol. The predicted molar refractivity (Wildman–Crippen MR) is 90.6 cm³/mol. The zero-order valence-corrected chi connectivity index (χ0v) is 12.4. The summed E-state index contributed by atoms with van der Waals surface area (Å²) >= 11 is 3.66. The Balaban J connectivity index is 1.79. The second-order valence-electron chi connectivity index (χ2n) is 4.70. The topological polar surface area (TPSA) is 0 Å². The molecule has 4 rings (SSSR count). The van der Waals surface area contributed by atoms with Gasteiger partial charge in [0.25, 0.3) is 0 Å². The Kier molecular flexibility index (Phi) is 2.91. The lowest BCUT2D eigenvalue weighted by atomic mass is 10.1. The summed E-state index contributed by atoms with van der Waals surface area (Å²) in [5.41, 5.74) is 1.30. The van der Waals surface area contributed by atoms with Gasteiger partial charge in [-0.1, -0.05) is 42.5 Å². The smallest absolute Gasteiger partial charge is 0.0449 e. The maximum atomic E-state index is 2.28. The van der Waals surface area contributed by atoms with Crippen molar-refractivity contribution in [1.82, 2.24) is 0 Å². The molecule has 0 aliphatic heterocycles. The molecule has 0 nitrogen and oxygen atoms in total. The standard InChI is InChI=1S/C18H12S2/c1-2-5-14-12-15(8-7-13(14)4-1)16-9-10-18(20-16)17-6-3-11-19-17/h1-12H. The second kappa shape index (κ2) is 4.89. The zero-order chi connectivity index (χ0) is 13.4. The van der Waals surface area contributed by atoms with Gasteiger partial charge >= 0.3 is 0 Å². The molecule has 96 valence electrons. The van der Waals surface area contributed by atoms with Gasteiger partial charge in [-0.3, -0.25) is 0 Å². The maximum absolute atomic E-state index is 2.28. The maximum Gasteiger partial charge on any atom is 0.0449 e. The molecule has 20 heavy (non-hydrogen) atoms. The highest BCUT2D eigenvalue weighted by atomic mass is 32.1. The van der Waals surface area contributed by atoms with Gasteiger partial charge in [0.05, 0.1) is 0 Å². The minimum absolute atomic E-state index is 1.30. The Hall–Kier alpha value is -1.90. The van der Waals surface area contributed by atoms with Gasteiger partial charge < -0.3 is 0 Å². The van der Waals surface area contributed by atoms with Crippen molar-refractivity contribution < 1.29 is 0 Å². The summed E-state index contributed by atoms with van der Waals surface area (Å²) in [5.74, 6) is 0. The largest absolute Gasteiger partial charge is 0.143 e. The average Bonchev–Trinajstić information content (AvgIpc) is 3.17. The molecule has 2 heteroatoms. The molecule has 0 fully saturated rings. The molecule has 0 amide bonds. The summed E-state index contributed by atoms with van der Waals surface area (Å²) in [4.78, 5) is 4.03. The van der Waals surface area contributed by atoms with Crippen LogP contribution in [0.2, 0.25) is 0 Å². The number of fused-ring (bicyclic) bond motifs is 1. The van der Waals surface area contributed by atoms with Crippen LogP contribution in [0.1, 0.15) is 0 Å². The van der Waals surface area contributed by atoms with E-state index in [-0.39, 0.29) is 0 Å². The molecule has 0 atom stereocenters. The summed E-state index contributed by atoms with van der Waals surface area (Å²) in [6.45, 7) is 0. The summed E-state index contributed by atoms with van der Waals surface area (Å²) < 4.78 is 0.